The fourth-order valence-corrected chi connectivity index (χ4v) is 6.53. The second-order valence-corrected chi connectivity index (χ2v) is 14.1. The van der Waals surface area contributed by atoms with E-state index in [-0.39, 0.29) is 18.3 Å². The van der Waals surface area contributed by atoms with Crippen molar-refractivity contribution in [3.63, 3.8) is 0 Å². The van der Waals surface area contributed by atoms with Crippen molar-refractivity contribution >= 4 is 33.9 Å². The molecular weight excluding hydrogens is 641 g/mol. The second kappa shape index (κ2) is 13.1. The maximum atomic E-state index is 14.0. The summed E-state index contributed by atoms with van der Waals surface area (Å²) >= 11 is 0. The minimum Gasteiger partial charge on any atom is -0.489 e. The minimum atomic E-state index is -0.887. The highest BCUT2D eigenvalue weighted by atomic mass is 19.1. The highest BCUT2D eigenvalue weighted by Gasteiger charge is 2.31. The van der Waals surface area contributed by atoms with Crippen LogP contribution in [-0.4, -0.2) is 83.8 Å². The van der Waals surface area contributed by atoms with Gasteiger partial charge in [0, 0.05) is 37.6 Å². The number of alkyl halides is 1. The van der Waals surface area contributed by atoms with Gasteiger partial charge in [-0.2, -0.15) is 5.26 Å². The zero-order valence-electron chi connectivity index (χ0n) is 28.6. The lowest BCUT2D eigenvalue weighted by Crippen LogP contribution is -2.50. The summed E-state index contributed by atoms with van der Waals surface area (Å²) in [6.45, 7) is 6.45. The molecule has 2 aromatic carbocycles. The number of halogens is 1. The first-order chi connectivity index (χ1) is 24.0. The van der Waals surface area contributed by atoms with Gasteiger partial charge in [0.25, 0.3) is 11.7 Å². The zero-order valence-corrected chi connectivity index (χ0v) is 28.6. The Hall–Kier alpha value is -5.45. The van der Waals surface area contributed by atoms with Gasteiger partial charge in [0.15, 0.2) is 5.82 Å². The molecule has 1 atom stereocenters. The van der Waals surface area contributed by atoms with E-state index < -0.39 is 24.4 Å². The Kier molecular flexibility index (Phi) is 8.67. The number of rotatable bonds is 11. The van der Waals surface area contributed by atoms with Gasteiger partial charge in [-0.05, 0) is 75.8 Å². The predicted molar refractivity (Wildman–Crippen MR) is 183 cm³/mol. The molecule has 260 valence electrons. The highest BCUT2D eigenvalue weighted by molar-refractivity contribution is 6.01. The first-order valence-electron chi connectivity index (χ1n) is 16.9. The van der Waals surface area contributed by atoms with E-state index in [0.29, 0.717) is 43.1 Å². The van der Waals surface area contributed by atoms with Crippen molar-refractivity contribution in [2.45, 2.75) is 64.8 Å². The fourth-order valence-electron chi connectivity index (χ4n) is 6.53. The van der Waals surface area contributed by atoms with E-state index in [0.717, 1.165) is 45.8 Å². The van der Waals surface area contributed by atoms with E-state index in [4.69, 9.17) is 19.7 Å². The van der Waals surface area contributed by atoms with E-state index in [1.54, 1.807) is 30.4 Å². The quantitative estimate of drug-likeness (QED) is 0.205. The Morgan fingerprint density at radius 3 is 2.76 bits per heavy atom. The van der Waals surface area contributed by atoms with Crippen LogP contribution in [0, 0.1) is 17.2 Å². The molecule has 2 aliphatic rings. The van der Waals surface area contributed by atoms with Crippen LogP contribution >= 0.6 is 0 Å². The van der Waals surface area contributed by atoms with Crippen LogP contribution in [-0.2, 0) is 31.3 Å². The SMILES string of the molecule is Cn1c(-c2cc3cccc(OCCn4cnc(C#N)n4)c3n2CC2CC2)nc2cc3c(cc21)CCN(C[C@@H](CF)NC(=O)OC(C)(C)C)C3=O. The number of imidazole rings is 1. The van der Waals surface area contributed by atoms with Crippen molar-refractivity contribution in [1.82, 2.24) is 39.1 Å². The van der Waals surface area contributed by atoms with Gasteiger partial charge >= 0.3 is 6.09 Å². The number of hydrogen-bond donors (Lipinski definition) is 1. The van der Waals surface area contributed by atoms with E-state index in [9.17, 15) is 14.0 Å². The van der Waals surface area contributed by atoms with Crippen molar-refractivity contribution in [2.24, 2.45) is 13.0 Å². The molecule has 0 spiro atoms. The third-order valence-corrected chi connectivity index (χ3v) is 9.09. The molecule has 1 fully saturated rings. The molecule has 14 heteroatoms. The van der Waals surface area contributed by atoms with Crippen molar-refractivity contribution in [1.29, 1.82) is 5.26 Å². The Labute approximate surface area is 288 Å². The Balaban J connectivity index is 1.17. The molecule has 1 N–H and O–H groups in total. The van der Waals surface area contributed by atoms with Gasteiger partial charge in [-0.1, -0.05) is 12.1 Å². The molecule has 50 heavy (non-hydrogen) atoms. The predicted octanol–water partition coefficient (Wildman–Crippen LogP) is 5.01. The molecular formula is C36H40FN9O4. The van der Waals surface area contributed by atoms with Crippen LogP contribution < -0.4 is 10.1 Å². The molecule has 2 amide bonds. The Bertz CT molecular complexity index is 2130. The number of nitrogens with zero attached hydrogens (tertiary/aromatic N) is 8. The summed E-state index contributed by atoms with van der Waals surface area (Å²) < 4.78 is 31.5. The highest BCUT2D eigenvalue weighted by Crippen LogP contribution is 2.39. The molecule has 4 heterocycles. The maximum Gasteiger partial charge on any atom is 0.408 e. The van der Waals surface area contributed by atoms with Crippen LogP contribution in [0.5, 0.6) is 5.75 Å². The standard InChI is InChI=1S/C36H40FN9O4/c1-36(2,3)50-35(48)40-25(17-37)20-44-11-10-23-14-28-27(16-26(23)34(44)47)41-33(43(28)4)29-15-24-6-5-7-30(32(24)46(29)19-22-8-9-22)49-13-12-45-21-39-31(18-38)42-45/h5-7,14-16,21-22,25H,8-13,17,19-20H2,1-4H3,(H,40,48)/t25-/m1/s1. The average molecular weight is 682 g/mol. The van der Waals surface area contributed by atoms with Crippen LogP contribution in [0.1, 0.15) is 55.4 Å². The van der Waals surface area contributed by atoms with Crippen LogP contribution in [0.15, 0.2) is 42.7 Å². The molecule has 7 rings (SSSR count). The van der Waals surface area contributed by atoms with Gasteiger partial charge in [0.1, 0.15) is 37.0 Å². The number of ether oxygens (including phenoxy) is 2. The topological polar surface area (TPSA) is 145 Å². The number of carbonyl (C=O) groups is 2. The molecule has 0 radical (unpaired) electrons. The summed E-state index contributed by atoms with van der Waals surface area (Å²) in [6.07, 6.45) is 3.74. The maximum absolute atomic E-state index is 14.0. The molecule has 1 aliphatic heterocycles. The van der Waals surface area contributed by atoms with E-state index >= 15 is 0 Å². The van der Waals surface area contributed by atoms with Crippen molar-refractivity contribution in [2.75, 3.05) is 26.4 Å². The molecule has 0 unspecified atom stereocenters. The van der Waals surface area contributed by atoms with Gasteiger partial charge < -0.3 is 28.8 Å². The number of aryl methyl sites for hydroxylation is 1. The Morgan fingerprint density at radius 2 is 2.04 bits per heavy atom. The summed E-state index contributed by atoms with van der Waals surface area (Å²) in [5, 5.41) is 16.8. The summed E-state index contributed by atoms with van der Waals surface area (Å²) in [4.78, 5) is 36.6. The number of fused-ring (bicyclic) bond motifs is 3. The third kappa shape index (κ3) is 6.72. The fraction of sp³-hybridized carbons (Fsp3) is 0.444. The van der Waals surface area contributed by atoms with E-state index in [1.165, 1.54) is 19.2 Å². The molecule has 13 nitrogen and oxygen atoms in total. The number of nitriles is 1. The first kappa shape index (κ1) is 33.1. The Morgan fingerprint density at radius 1 is 1.22 bits per heavy atom. The van der Waals surface area contributed by atoms with Crippen LogP contribution in [0.4, 0.5) is 9.18 Å². The average Bonchev–Trinajstić information content (AvgIpc) is 3.51. The van der Waals surface area contributed by atoms with Gasteiger partial charge in [0.2, 0.25) is 0 Å². The van der Waals surface area contributed by atoms with Crippen LogP contribution in [0.2, 0.25) is 0 Å². The summed E-state index contributed by atoms with van der Waals surface area (Å²) in [5.41, 5.74) is 4.28. The molecule has 0 bridgehead atoms. The van der Waals surface area contributed by atoms with Crippen molar-refractivity contribution in [3.8, 4) is 23.3 Å². The van der Waals surface area contributed by atoms with Crippen LogP contribution in [0.3, 0.4) is 0 Å². The number of hydrogen-bond acceptors (Lipinski definition) is 8. The monoisotopic (exact) mass is 681 g/mol. The summed E-state index contributed by atoms with van der Waals surface area (Å²) in [5.74, 6) is 2.01. The minimum absolute atomic E-state index is 0.0327. The lowest BCUT2D eigenvalue weighted by molar-refractivity contribution is 0.0466. The first-order valence-corrected chi connectivity index (χ1v) is 16.9. The third-order valence-electron chi connectivity index (χ3n) is 9.09. The number of carbonyl (C=O) groups excluding carboxylic acids is 2. The van der Waals surface area contributed by atoms with Gasteiger partial charge in [0.05, 0.1) is 34.8 Å². The number of para-hydroxylation sites is 1. The smallest absolute Gasteiger partial charge is 0.408 e. The number of aromatic nitrogens is 6. The number of benzene rings is 2. The van der Waals surface area contributed by atoms with Gasteiger partial charge in [-0.3, -0.25) is 4.79 Å². The molecule has 5 aromatic rings. The number of amides is 2. The summed E-state index contributed by atoms with van der Waals surface area (Å²) in [6, 6.07) is 13.1. The number of alkyl carbamates (subject to hydrolysis) is 1. The summed E-state index contributed by atoms with van der Waals surface area (Å²) in [7, 11) is 1.99. The second-order valence-electron chi connectivity index (χ2n) is 14.1. The van der Waals surface area contributed by atoms with Gasteiger partial charge in [-0.15, -0.1) is 5.10 Å². The molecule has 3 aromatic heterocycles. The van der Waals surface area contributed by atoms with Crippen molar-refractivity contribution in [3.05, 3.63) is 59.7 Å². The van der Waals surface area contributed by atoms with Gasteiger partial charge in [-0.25, -0.2) is 23.8 Å². The number of nitrogens with one attached hydrogen (secondary N) is 1. The lowest BCUT2D eigenvalue weighted by atomic mass is 9.97. The van der Waals surface area contributed by atoms with E-state index in [2.05, 4.69) is 36.7 Å². The molecule has 1 aliphatic carbocycles. The molecule has 0 saturated heterocycles. The van der Waals surface area contributed by atoms with E-state index in [1.807, 2.05) is 37.4 Å². The van der Waals surface area contributed by atoms with Crippen LogP contribution in [0.25, 0.3) is 33.5 Å². The normalized spacial score (nSPS) is 15.3. The molecule has 1 saturated carbocycles. The lowest BCUT2D eigenvalue weighted by Gasteiger charge is -2.31. The zero-order chi connectivity index (χ0) is 35.2. The largest absolute Gasteiger partial charge is 0.489 e. The van der Waals surface area contributed by atoms with Crippen molar-refractivity contribution < 1.29 is 23.5 Å².